The molecule has 0 aromatic carbocycles. The van der Waals surface area contributed by atoms with E-state index in [-0.39, 0.29) is 12.5 Å². The number of carboxylic acid groups (broad SMARTS) is 1. The zero-order valence-corrected chi connectivity index (χ0v) is 9.74. The summed E-state index contributed by atoms with van der Waals surface area (Å²) in [4.78, 5) is 19.7. The van der Waals surface area contributed by atoms with E-state index in [1.807, 2.05) is 6.07 Å². The number of rotatable bonds is 3. The highest BCUT2D eigenvalue weighted by Crippen LogP contribution is 2.27. The van der Waals surface area contributed by atoms with Crippen molar-refractivity contribution in [2.45, 2.75) is 18.9 Å². The van der Waals surface area contributed by atoms with Crippen molar-refractivity contribution in [1.82, 2.24) is 14.5 Å². The van der Waals surface area contributed by atoms with Crippen LogP contribution >= 0.6 is 0 Å². The molecule has 1 N–H and O–H groups in total. The van der Waals surface area contributed by atoms with E-state index in [0.717, 1.165) is 17.8 Å². The molecular formula is C12H13N3O3. The lowest BCUT2D eigenvalue weighted by atomic mass is 10.1. The number of imidazole rings is 1. The first-order valence-corrected chi connectivity index (χ1v) is 5.86. The van der Waals surface area contributed by atoms with Gasteiger partial charge in [0.2, 0.25) is 0 Å². The van der Waals surface area contributed by atoms with Crippen LogP contribution in [0.15, 0.2) is 18.3 Å². The Labute approximate surface area is 103 Å². The first-order chi connectivity index (χ1) is 8.75. The Morgan fingerprint density at radius 2 is 2.50 bits per heavy atom. The van der Waals surface area contributed by atoms with Gasteiger partial charge in [-0.15, -0.1) is 0 Å². The zero-order chi connectivity index (χ0) is 12.5. The largest absolute Gasteiger partial charge is 0.480 e. The average Bonchev–Trinajstić information content (AvgIpc) is 2.96. The number of pyridine rings is 1. The summed E-state index contributed by atoms with van der Waals surface area (Å²) in [6.45, 7) is 1.19. The molecule has 1 saturated heterocycles. The third kappa shape index (κ3) is 1.84. The Balaban J connectivity index is 2.12. The van der Waals surface area contributed by atoms with Gasteiger partial charge in [0.05, 0.1) is 6.61 Å². The van der Waals surface area contributed by atoms with Gasteiger partial charge in [-0.05, 0) is 18.6 Å². The lowest BCUT2D eigenvalue weighted by Gasteiger charge is -2.09. The molecule has 1 fully saturated rings. The molecule has 2 aromatic rings. The summed E-state index contributed by atoms with van der Waals surface area (Å²) in [6.07, 6.45) is 2.53. The van der Waals surface area contributed by atoms with Gasteiger partial charge in [-0.25, -0.2) is 9.97 Å². The second kappa shape index (κ2) is 4.38. The highest BCUT2D eigenvalue weighted by Gasteiger charge is 2.25. The highest BCUT2D eigenvalue weighted by molar-refractivity contribution is 5.75. The van der Waals surface area contributed by atoms with Gasteiger partial charge < -0.3 is 14.4 Å². The van der Waals surface area contributed by atoms with E-state index < -0.39 is 5.97 Å². The molecule has 6 heteroatoms. The maximum absolute atomic E-state index is 11.0. The molecule has 6 nitrogen and oxygen atoms in total. The van der Waals surface area contributed by atoms with Crippen LogP contribution in [-0.4, -0.2) is 38.8 Å². The van der Waals surface area contributed by atoms with Crippen molar-refractivity contribution in [3.8, 4) is 0 Å². The molecule has 0 bridgehead atoms. The van der Waals surface area contributed by atoms with E-state index >= 15 is 0 Å². The number of hydrogen-bond acceptors (Lipinski definition) is 4. The van der Waals surface area contributed by atoms with Crippen LogP contribution in [0, 0.1) is 0 Å². The molecule has 0 saturated carbocycles. The number of ether oxygens (including phenoxy) is 1. The van der Waals surface area contributed by atoms with Crippen molar-refractivity contribution in [2.75, 3.05) is 13.2 Å². The number of hydrogen-bond donors (Lipinski definition) is 1. The predicted molar refractivity (Wildman–Crippen MR) is 63.3 cm³/mol. The minimum atomic E-state index is -0.889. The van der Waals surface area contributed by atoms with Gasteiger partial charge in [-0.2, -0.15) is 0 Å². The van der Waals surface area contributed by atoms with E-state index in [0.29, 0.717) is 18.9 Å². The van der Waals surface area contributed by atoms with Gasteiger partial charge in [-0.1, -0.05) is 0 Å². The van der Waals surface area contributed by atoms with Crippen LogP contribution in [0.2, 0.25) is 0 Å². The van der Waals surface area contributed by atoms with Gasteiger partial charge in [0.15, 0.2) is 5.65 Å². The minimum Gasteiger partial charge on any atom is -0.480 e. The molecule has 1 atom stereocenters. The molecular weight excluding hydrogens is 234 g/mol. The topological polar surface area (TPSA) is 77.2 Å². The molecule has 0 aliphatic carbocycles. The molecule has 94 valence electrons. The first-order valence-electron chi connectivity index (χ1n) is 5.86. The molecule has 3 heterocycles. The number of fused-ring (bicyclic) bond motifs is 1. The monoisotopic (exact) mass is 247 g/mol. The second-order valence-corrected chi connectivity index (χ2v) is 4.36. The molecule has 3 rings (SSSR count). The van der Waals surface area contributed by atoms with E-state index in [1.165, 1.54) is 0 Å². The van der Waals surface area contributed by atoms with Crippen LogP contribution in [-0.2, 0) is 16.1 Å². The van der Waals surface area contributed by atoms with E-state index in [1.54, 1.807) is 16.8 Å². The minimum absolute atomic E-state index is 0.112. The van der Waals surface area contributed by atoms with Gasteiger partial charge in [0.1, 0.15) is 17.9 Å². The van der Waals surface area contributed by atoms with Crippen molar-refractivity contribution in [3.63, 3.8) is 0 Å². The summed E-state index contributed by atoms with van der Waals surface area (Å²) in [5, 5.41) is 9.00. The van der Waals surface area contributed by atoms with Gasteiger partial charge in [0, 0.05) is 18.7 Å². The summed E-state index contributed by atoms with van der Waals surface area (Å²) >= 11 is 0. The summed E-state index contributed by atoms with van der Waals surface area (Å²) < 4.78 is 7.02. The Bertz CT molecular complexity index is 587. The molecule has 1 aliphatic heterocycles. The number of carbonyl (C=O) groups is 1. The Hall–Kier alpha value is -1.95. The van der Waals surface area contributed by atoms with Crippen LogP contribution in [0.4, 0.5) is 0 Å². The summed E-state index contributed by atoms with van der Waals surface area (Å²) in [5.74, 6) is 0.0438. The second-order valence-electron chi connectivity index (χ2n) is 4.36. The van der Waals surface area contributed by atoms with E-state index in [9.17, 15) is 4.79 Å². The number of carboxylic acids is 1. The molecule has 1 aliphatic rings. The van der Waals surface area contributed by atoms with Crippen LogP contribution in [0.1, 0.15) is 18.2 Å². The van der Waals surface area contributed by atoms with Crippen LogP contribution < -0.4 is 0 Å². The van der Waals surface area contributed by atoms with Gasteiger partial charge in [-0.3, -0.25) is 4.79 Å². The number of nitrogens with zero attached hydrogens (tertiary/aromatic N) is 3. The van der Waals surface area contributed by atoms with Crippen molar-refractivity contribution >= 4 is 17.1 Å². The number of aliphatic carboxylic acids is 1. The van der Waals surface area contributed by atoms with Crippen LogP contribution in [0.25, 0.3) is 11.2 Å². The zero-order valence-electron chi connectivity index (χ0n) is 9.74. The molecule has 2 aromatic heterocycles. The van der Waals surface area contributed by atoms with Crippen molar-refractivity contribution in [1.29, 1.82) is 0 Å². The lowest BCUT2D eigenvalue weighted by Crippen LogP contribution is -2.15. The third-order valence-electron chi connectivity index (χ3n) is 3.12. The summed E-state index contributed by atoms with van der Waals surface area (Å²) in [5.41, 5.74) is 1.36. The SMILES string of the molecule is O=C(O)Cn1c([C@H]2CCOC2)nc2cccnc21. The van der Waals surface area contributed by atoms with Crippen LogP contribution in [0.5, 0.6) is 0 Å². The van der Waals surface area contributed by atoms with Gasteiger partial charge in [0.25, 0.3) is 0 Å². The maximum Gasteiger partial charge on any atom is 0.323 e. The Morgan fingerprint density at radius 1 is 1.61 bits per heavy atom. The van der Waals surface area contributed by atoms with Crippen molar-refractivity contribution < 1.29 is 14.6 Å². The fraction of sp³-hybridized carbons (Fsp3) is 0.417. The molecule has 0 radical (unpaired) electrons. The fourth-order valence-corrected chi connectivity index (χ4v) is 2.32. The molecule has 18 heavy (non-hydrogen) atoms. The van der Waals surface area contributed by atoms with Crippen molar-refractivity contribution in [2.24, 2.45) is 0 Å². The predicted octanol–water partition coefficient (Wildman–Crippen LogP) is 1.02. The molecule has 0 unspecified atom stereocenters. The third-order valence-corrected chi connectivity index (χ3v) is 3.12. The van der Waals surface area contributed by atoms with Gasteiger partial charge >= 0.3 is 5.97 Å². The lowest BCUT2D eigenvalue weighted by molar-refractivity contribution is -0.137. The smallest absolute Gasteiger partial charge is 0.323 e. The quantitative estimate of drug-likeness (QED) is 0.876. The van der Waals surface area contributed by atoms with Crippen molar-refractivity contribution in [3.05, 3.63) is 24.2 Å². The maximum atomic E-state index is 11.0. The molecule has 0 amide bonds. The first kappa shape index (κ1) is 11.2. The highest BCUT2D eigenvalue weighted by atomic mass is 16.5. The normalized spacial score (nSPS) is 19.4. The Morgan fingerprint density at radius 3 is 3.22 bits per heavy atom. The Kier molecular flexibility index (Phi) is 2.71. The number of aromatic nitrogens is 3. The summed E-state index contributed by atoms with van der Waals surface area (Å²) in [7, 11) is 0. The molecule has 0 spiro atoms. The average molecular weight is 247 g/mol. The van der Waals surface area contributed by atoms with E-state index in [2.05, 4.69) is 9.97 Å². The standard InChI is InChI=1S/C12H13N3O3/c16-10(17)6-15-11(8-3-5-18-7-8)14-9-2-1-4-13-12(9)15/h1-2,4,8H,3,5-7H2,(H,16,17)/t8-/m0/s1. The van der Waals surface area contributed by atoms with E-state index in [4.69, 9.17) is 9.84 Å². The fourth-order valence-electron chi connectivity index (χ4n) is 2.32. The summed E-state index contributed by atoms with van der Waals surface area (Å²) in [6, 6.07) is 3.65. The van der Waals surface area contributed by atoms with Crippen LogP contribution in [0.3, 0.4) is 0 Å².